The molecule has 0 aliphatic carbocycles. The Labute approximate surface area is 161 Å². The highest BCUT2D eigenvalue weighted by Gasteiger charge is 2.34. The number of thioether (sulfide) groups is 2. The third-order valence-electron chi connectivity index (χ3n) is 3.49. The van der Waals surface area contributed by atoms with Gasteiger partial charge in [-0.15, -0.1) is 0 Å². The summed E-state index contributed by atoms with van der Waals surface area (Å²) in [5.74, 6) is -0.603. The Hall–Kier alpha value is -2.79. The monoisotopic (exact) mass is 407 g/mol. The minimum atomic E-state index is -0.806. The van der Waals surface area contributed by atoms with Gasteiger partial charge in [0.1, 0.15) is 11.1 Å². The molecule has 1 aromatic carbocycles. The molecule has 0 bridgehead atoms. The molecule has 1 fully saturated rings. The van der Waals surface area contributed by atoms with Crippen LogP contribution in [0.4, 0.5) is 9.59 Å². The molecule has 0 saturated carbocycles. The van der Waals surface area contributed by atoms with Crippen LogP contribution in [0, 0.1) is 0 Å². The lowest BCUT2D eigenvalue weighted by molar-refractivity contribution is -0.136. The van der Waals surface area contributed by atoms with Crippen molar-refractivity contribution in [2.24, 2.45) is 10.7 Å². The largest absolute Gasteiger partial charge is 0.493 e. The van der Waals surface area contributed by atoms with Gasteiger partial charge < -0.3 is 15.2 Å². The third-order valence-corrected chi connectivity index (χ3v) is 5.28. The number of nitrogens with one attached hydrogen (secondary N) is 1. The molecule has 0 radical (unpaired) electrons. The van der Waals surface area contributed by atoms with Crippen molar-refractivity contribution in [3.05, 3.63) is 28.7 Å². The standard InChI is InChI=1S/C16H13N3O6S2/c1-24-9-4-7(5-10-13(17)18-15(22)26-10)2-3-8(9)25-12(20)6-11-14(21)19-16(23)27-11/h2-5,11H,6H2,1H3,(H2,17,18,22)(H,19,21,23)/b10-5-. The van der Waals surface area contributed by atoms with E-state index < -0.39 is 22.4 Å². The minimum Gasteiger partial charge on any atom is -0.493 e. The average molecular weight is 407 g/mol. The number of nitrogens with two attached hydrogens (primary N) is 1. The van der Waals surface area contributed by atoms with Gasteiger partial charge >= 0.3 is 11.2 Å². The van der Waals surface area contributed by atoms with Crippen LogP contribution in [0.15, 0.2) is 28.1 Å². The zero-order valence-corrected chi connectivity index (χ0v) is 15.5. The molecule has 0 aromatic heterocycles. The van der Waals surface area contributed by atoms with E-state index in [9.17, 15) is 19.2 Å². The second kappa shape index (κ2) is 7.84. The Morgan fingerprint density at radius 3 is 2.70 bits per heavy atom. The highest BCUT2D eigenvalue weighted by atomic mass is 32.2. The Morgan fingerprint density at radius 1 is 1.33 bits per heavy atom. The first-order chi connectivity index (χ1) is 12.9. The molecule has 27 heavy (non-hydrogen) atoms. The summed E-state index contributed by atoms with van der Waals surface area (Å²) in [6.07, 6.45) is 1.41. The first kappa shape index (κ1) is 19.0. The van der Waals surface area contributed by atoms with Gasteiger partial charge in [0.25, 0.3) is 5.24 Å². The highest BCUT2D eigenvalue weighted by molar-refractivity contribution is 8.18. The fourth-order valence-corrected chi connectivity index (χ4v) is 3.76. The molecule has 1 atom stereocenters. The zero-order chi connectivity index (χ0) is 19.6. The molecule has 0 spiro atoms. The van der Waals surface area contributed by atoms with Gasteiger partial charge in [0, 0.05) is 0 Å². The van der Waals surface area contributed by atoms with Crippen molar-refractivity contribution in [3.63, 3.8) is 0 Å². The maximum atomic E-state index is 12.1. The van der Waals surface area contributed by atoms with Crippen LogP contribution in [0.5, 0.6) is 11.5 Å². The number of amides is 3. The van der Waals surface area contributed by atoms with Gasteiger partial charge in [-0.25, -0.2) is 0 Å². The fourth-order valence-electron chi connectivity index (χ4n) is 2.28. The van der Waals surface area contributed by atoms with Gasteiger partial charge in [0.05, 0.1) is 18.4 Å². The molecular weight excluding hydrogens is 394 g/mol. The van der Waals surface area contributed by atoms with Crippen LogP contribution in [0.2, 0.25) is 0 Å². The first-order valence-corrected chi connectivity index (χ1v) is 9.23. The number of esters is 1. The lowest BCUT2D eigenvalue weighted by Crippen LogP contribution is -2.27. The number of carbonyl (C=O) groups excluding carboxylic acids is 4. The Kier molecular flexibility index (Phi) is 5.51. The predicted molar refractivity (Wildman–Crippen MR) is 101 cm³/mol. The van der Waals surface area contributed by atoms with E-state index in [0.29, 0.717) is 10.5 Å². The van der Waals surface area contributed by atoms with E-state index in [4.69, 9.17) is 15.2 Å². The molecule has 3 N–H and O–H groups in total. The van der Waals surface area contributed by atoms with Crippen molar-refractivity contribution in [2.45, 2.75) is 11.7 Å². The van der Waals surface area contributed by atoms with Crippen LogP contribution >= 0.6 is 23.5 Å². The van der Waals surface area contributed by atoms with Crippen molar-refractivity contribution in [2.75, 3.05) is 7.11 Å². The summed E-state index contributed by atoms with van der Waals surface area (Å²) < 4.78 is 10.5. The Morgan fingerprint density at radius 2 is 2.11 bits per heavy atom. The van der Waals surface area contributed by atoms with Gasteiger partial charge in [-0.1, -0.05) is 17.8 Å². The Bertz CT molecular complexity index is 911. The molecule has 11 heteroatoms. The summed E-state index contributed by atoms with van der Waals surface area (Å²) in [6.45, 7) is 0. The normalized spacial score (nSPS) is 20.6. The SMILES string of the molecule is COc1cc(/C=C2\SC(=O)N=C2N)ccc1OC(=O)CC1SC(=O)NC1=O. The zero-order valence-electron chi connectivity index (χ0n) is 13.9. The van der Waals surface area contributed by atoms with Crippen molar-refractivity contribution in [1.82, 2.24) is 5.32 Å². The van der Waals surface area contributed by atoms with Crippen LogP contribution in [-0.2, 0) is 9.59 Å². The lowest BCUT2D eigenvalue weighted by Gasteiger charge is -2.11. The maximum absolute atomic E-state index is 12.1. The smallest absolute Gasteiger partial charge is 0.312 e. The molecule has 2 aliphatic rings. The molecule has 1 unspecified atom stereocenters. The van der Waals surface area contributed by atoms with Gasteiger partial charge in [-0.2, -0.15) is 4.99 Å². The number of hydrogen-bond acceptors (Lipinski definition) is 9. The summed E-state index contributed by atoms with van der Waals surface area (Å²) in [5, 5.41) is 0.428. The average Bonchev–Trinajstić information content (AvgIpc) is 3.09. The molecule has 9 nitrogen and oxygen atoms in total. The summed E-state index contributed by atoms with van der Waals surface area (Å²) in [7, 11) is 1.41. The van der Waals surface area contributed by atoms with Gasteiger partial charge in [-0.3, -0.25) is 24.5 Å². The molecule has 3 rings (SSSR count). The van der Waals surface area contributed by atoms with Gasteiger partial charge in [0.15, 0.2) is 11.5 Å². The third kappa shape index (κ3) is 4.49. The fraction of sp³-hybridized carbons (Fsp3) is 0.188. The number of hydrogen-bond donors (Lipinski definition) is 2. The number of imide groups is 1. The number of rotatable bonds is 5. The molecule has 1 aromatic rings. The van der Waals surface area contributed by atoms with Crippen LogP contribution < -0.4 is 20.5 Å². The Balaban J connectivity index is 1.71. The van der Waals surface area contributed by atoms with Crippen molar-refractivity contribution >= 4 is 57.8 Å². The number of benzene rings is 1. The number of ether oxygens (including phenoxy) is 2. The number of carbonyl (C=O) groups is 4. The quantitative estimate of drug-likeness (QED) is 0.554. The van der Waals surface area contributed by atoms with Gasteiger partial charge in [0.2, 0.25) is 5.91 Å². The minimum absolute atomic E-state index is 0.140. The number of methoxy groups -OCH3 is 1. The van der Waals surface area contributed by atoms with Crippen molar-refractivity contribution in [3.8, 4) is 11.5 Å². The molecule has 140 valence electrons. The summed E-state index contributed by atoms with van der Waals surface area (Å²) in [6, 6.07) is 4.77. The van der Waals surface area contributed by atoms with E-state index in [2.05, 4.69) is 10.3 Å². The molecule has 2 heterocycles. The first-order valence-electron chi connectivity index (χ1n) is 7.54. The van der Waals surface area contributed by atoms with Crippen molar-refractivity contribution in [1.29, 1.82) is 0 Å². The maximum Gasteiger partial charge on any atom is 0.312 e. The second-order valence-electron chi connectivity index (χ2n) is 5.35. The van der Waals surface area contributed by atoms with E-state index in [1.807, 2.05) is 0 Å². The van der Waals surface area contributed by atoms with Crippen LogP contribution in [0.25, 0.3) is 6.08 Å². The van der Waals surface area contributed by atoms with Crippen LogP contribution in [0.3, 0.4) is 0 Å². The van der Waals surface area contributed by atoms with E-state index in [0.717, 1.165) is 23.5 Å². The lowest BCUT2D eigenvalue weighted by atomic mass is 10.2. The van der Waals surface area contributed by atoms with E-state index in [-0.39, 0.29) is 29.0 Å². The van der Waals surface area contributed by atoms with Crippen molar-refractivity contribution < 1.29 is 28.7 Å². The van der Waals surface area contributed by atoms with Crippen LogP contribution in [0.1, 0.15) is 12.0 Å². The highest BCUT2D eigenvalue weighted by Crippen LogP contribution is 2.32. The number of nitrogens with zero attached hydrogens (tertiary/aromatic N) is 1. The number of aliphatic imine (C=N–C) groups is 1. The molecular formula is C16H13N3O6S2. The molecule has 2 aliphatic heterocycles. The topological polar surface area (TPSA) is 137 Å². The predicted octanol–water partition coefficient (Wildman–Crippen LogP) is 1.91. The summed E-state index contributed by atoms with van der Waals surface area (Å²) >= 11 is 1.67. The molecule has 3 amide bonds. The summed E-state index contributed by atoms with van der Waals surface area (Å²) in [4.78, 5) is 50.1. The summed E-state index contributed by atoms with van der Waals surface area (Å²) in [5.41, 5.74) is 6.33. The van der Waals surface area contributed by atoms with E-state index in [1.54, 1.807) is 18.2 Å². The van der Waals surface area contributed by atoms with E-state index in [1.165, 1.54) is 13.2 Å². The second-order valence-corrected chi connectivity index (χ2v) is 7.51. The van der Waals surface area contributed by atoms with E-state index >= 15 is 0 Å². The van der Waals surface area contributed by atoms with Gasteiger partial charge in [-0.05, 0) is 35.5 Å². The molecule has 1 saturated heterocycles. The van der Waals surface area contributed by atoms with Crippen LogP contribution in [-0.4, -0.2) is 40.6 Å². The number of amidine groups is 1.